The Morgan fingerprint density at radius 2 is 2.11 bits per heavy atom. The first kappa shape index (κ1) is 13.1. The average molecular weight is 250 g/mol. The zero-order valence-corrected chi connectivity index (χ0v) is 10.5. The molecule has 0 amide bonds. The van der Waals surface area contributed by atoms with Gasteiger partial charge in [0.25, 0.3) is 0 Å². The third-order valence-electron chi connectivity index (χ3n) is 2.82. The molecule has 4 nitrogen and oxygen atoms in total. The molecule has 0 radical (unpaired) electrons. The Balaban J connectivity index is 1.69. The van der Waals surface area contributed by atoms with Crippen LogP contribution < -0.4 is 0 Å². The number of benzene rings is 1. The molecule has 0 bridgehead atoms. The van der Waals surface area contributed by atoms with Gasteiger partial charge in [0, 0.05) is 13.3 Å². The molecule has 2 rings (SSSR count). The van der Waals surface area contributed by atoms with E-state index in [1.54, 1.807) is 0 Å². The van der Waals surface area contributed by atoms with Crippen molar-refractivity contribution in [1.82, 2.24) is 0 Å². The van der Waals surface area contributed by atoms with Gasteiger partial charge >= 0.3 is 5.97 Å². The van der Waals surface area contributed by atoms with Gasteiger partial charge in [-0.25, -0.2) is 0 Å². The van der Waals surface area contributed by atoms with Gasteiger partial charge in [-0.3, -0.25) is 4.79 Å². The third kappa shape index (κ3) is 4.13. The van der Waals surface area contributed by atoms with E-state index in [1.807, 2.05) is 30.3 Å². The summed E-state index contributed by atoms with van der Waals surface area (Å²) >= 11 is 0. The van der Waals surface area contributed by atoms with E-state index in [0.29, 0.717) is 19.6 Å². The van der Waals surface area contributed by atoms with E-state index < -0.39 is 6.29 Å². The number of hydrogen-bond acceptors (Lipinski definition) is 4. The molecule has 18 heavy (non-hydrogen) atoms. The Morgan fingerprint density at radius 1 is 1.33 bits per heavy atom. The van der Waals surface area contributed by atoms with Gasteiger partial charge in [0.15, 0.2) is 0 Å². The molecule has 1 aliphatic rings. The van der Waals surface area contributed by atoms with Crippen LogP contribution >= 0.6 is 0 Å². The van der Waals surface area contributed by atoms with Crippen LogP contribution in [0.4, 0.5) is 0 Å². The second kappa shape index (κ2) is 6.52. The average Bonchev–Trinajstić information content (AvgIpc) is 2.38. The van der Waals surface area contributed by atoms with Gasteiger partial charge in [-0.15, -0.1) is 0 Å². The highest BCUT2D eigenvalue weighted by atomic mass is 16.7. The van der Waals surface area contributed by atoms with Crippen LogP contribution in [0.2, 0.25) is 0 Å². The first-order chi connectivity index (χ1) is 8.74. The lowest BCUT2D eigenvalue weighted by atomic mass is 10.1. The van der Waals surface area contributed by atoms with Gasteiger partial charge in [-0.05, 0) is 12.0 Å². The summed E-state index contributed by atoms with van der Waals surface area (Å²) in [5, 5.41) is 0. The molecule has 0 spiro atoms. The zero-order chi connectivity index (χ0) is 12.8. The lowest BCUT2D eigenvalue weighted by molar-refractivity contribution is -0.201. The highest BCUT2D eigenvalue weighted by molar-refractivity contribution is 5.66. The lowest BCUT2D eigenvalue weighted by Crippen LogP contribution is -2.33. The van der Waals surface area contributed by atoms with Crippen molar-refractivity contribution in [2.75, 3.05) is 6.61 Å². The molecule has 1 heterocycles. The summed E-state index contributed by atoms with van der Waals surface area (Å²) < 4.78 is 16.2. The summed E-state index contributed by atoms with van der Waals surface area (Å²) in [4.78, 5) is 10.8. The van der Waals surface area contributed by atoms with Crippen molar-refractivity contribution in [2.45, 2.75) is 38.8 Å². The predicted molar refractivity (Wildman–Crippen MR) is 65.8 cm³/mol. The molecular weight excluding hydrogens is 232 g/mol. The number of ether oxygens (including phenoxy) is 3. The number of carbonyl (C=O) groups excluding carboxylic acids is 1. The Morgan fingerprint density at radius 3 is 2.72 bits per heavy atom. The number of rotatable bonds is 4. The molecule has 1 aromatic carbocycles. The fraction of sp³-hybridized carbons (Fsp3) is 0.500. The fourth-order valence-corrected chi connectivity index (χ4v) is 1.90. The summed E-state index contributed by atoms with van der Waals surface area (Å²) in [5.41, 5.74) is 1.15. The van der Waals surface area contributed by atoms with E-state index in [4.69, 9.17) is 14.2 Å². The molecule has 98 valence electrons. The molecule has 0 saturated carbocycles. The van der Waals surface area contributed by atoms with Crippen LogP contribution in [0, 0.1) is 0 Å². The van der Waals surface area contributed by atoms with E-state index in [0.717, 1.165) is 12.0 Å². The summed E-state index contributed by atoms with van der Waals surface area (Å²) in [6, 6.07) is 10.0. The molecule has 1 aliphatic heterocycles. The van der Waals surface area contributed by atoms with Crippen LogP contribution in [0.5, 0.6) is 0 Å². The summed E-state index contributed by atoms with van der Waals surface area (Å²) in [6.07, 6.45) is 1.22. The quantitative estimate of drug-likeness (QED) is 0.769. The van der Waals surface area contributed by atoms with Gasteiger partial charge in [-0.1, -0.05) is 30.3 Å². The van der Waals surface area contributed by atoms with Crippen molar-refractivity contribution in [2.24, 2.45) is 0 Å². The van der Waals surface area contributed by atoms with Gasteiger partial charge < -0.3 is 14.2 Å². The Hall–Kier alpha value is -1.39. The summed E-state index contributed by atoms with van der Waals surface area (Å²) in [7, 11) is 0. The van der Waals surface area contributed by atoms with Crippen LogP contribution in [0.25, 0.3) is 0 Å². The first-order valence-corrected chi connectivity index (χ1v) is 6.18. The van der Waals surface area contributed by atoms with Crippen molar-refractivity contribution < 1.29 is 19.0 Å². The van der Waals surface area contributed by atoms with Crippen molar-refractivity contribution in [3.05, 3.63) is 35.9 Å². The molecular formula is C14H18O4. The van der Waals surface area contributed by atoms with Crippen molar-refractivity contribution in [1.29, 1.82) is 0 Å². The predicted octanol–water partition coefficient (Wildman–Crippen LogP) is 2.27. The maximum atomic E-state index is 10.8. The highest BCUT2D eigenvalue weighted by Gasteiger charge is 2.23. The van der Waals surface area contributed by atoms with Gasteiger partial charge in [-0.2, -0.15) is 0 Å². The van der Waals surface area contributed by atoms with Crippen molar-refractivity contribution in [3.8, 4) is 0 Å². The van der Waals surface area contributed by atoms with Crippen LogP contribution in [-0.4, -0.2) is 25.0 Å². The van der Waals surface area contributed by atoms with Crippen LogP contribution in [0.1, 0.15) is 25.3 Å². The minimum Gasteiger partial charge on any atom is -0.436 e. The Kier molecular flexibility index (Phi) is 4.73. The van der Waals surface area contributed by atoms with Crippen LogP contribution in [-0.2, 0) is 25.6 Å². The molecule has 1 aromatic rings. The van der Waals surface area contributed by atoms with Gasteiger partial charge in [0.05, 0.1) is 19.3 Å². The van der Waals surface area contributed by atoms with Crippen molar-refractivity contribution >= 4 is 5.97 Å². The van der Waals surface area contributed by atoms with Gasteiger partial charge in [0.1, 0.15) is 0 Å². The van der Waals surface area contributed by atoms with E-state index in [2.05, 4.69) is 0 Å². The maximum Gasteiger partial charge on any atom is 0.304 e. The first-order valence-electron chi connectivity index (χ1n) is 6.18. The Bertz CT molecular complexity index is 369. The van der Waals surface area contributed by atoms with Crippen LogP contribution in [0.3, 0.4) is 0 Å². The molecule has 2 unspecified atom stereocenters. The highest BCUT2D eigenvalue weighted by Crippen LogP contribution is 2.18. The minimum atomic E-state index is -0.404. The standard InChI is InChI=1S/C14H18O4/c1-11(15)18-14-8-7-13(10-17-14)16-9-12-5-3-2-4-6-12/h2-6,13-14H,7-10H2,1H3. The number of esters is 1. The van der Waals surface area contributed by atoms with E-state index in [-0.39, 0.29) is 12.1 Å². The SMILES string of the molecule is CC(=O)OC1CCC(OCc2ccccc2)CO1. The second-order valence-corrected chi connectivity index (χ2v) is 4.37. The molecule has 1 saturated heterocycles. The third-order valence-corrected chi connectivity index (χ3v) is 2.82. The molecule has 1 fully saturated rings. The largest absolute Gasteiger partial charge is 0.436 e. The number of hydrogen-bond donors (Lipinski definition) is 0. The van der Waals surface area contributed by atoms with Gasteiger partial charge in [0.2, 0.25) is 6.29 Å². The molecule has 0 aromatic heterocycles. The number of carbonyl (C=O) groups is 1. The van der Waals surface area contributed by atoms with E-state index in [9.17, 15) is 4.79 Å². The second-order valence-electron chi connectivity index (χ2n) is 4.37. The topological polar surface area (TPSA) is 44.8 Å². The smallest absolute Gasteiger partial charge is 0.304 e. The molecule has 2 atom stereocenters. The molecule has 0 aliphatic carbocycles. The fourth-order valence-electron chi connectivity index (χ4n) is 1.90. The normalized spacial score (nSPS) is 23.6. The van der Waals surface area contributed by atoms with E-state index >= 15 is 0 Å². The Labute approximate surface area is 107 Å². The summed E-state index contributed by atoms with van der Waals surface area (Å²) in [6.45, 7) is 2.46. The minimum absolute atomic E-state index is 0.0806. The van der Waals surface area contributed by atoms with Crippen LogP contribution in [0.15, 0.2) is 30.3 Å². The summed E-state index contributed by atoms with van der Waals surface area (Å²) in [5.74, 6) is -0.302. The monoisotopic (exact) mass is 250 g/mol. The maximum absolute atomic E-state index is 10.8. The lowest BCUT2D eigenvalue weighted by Gasteiger charge is -2.28. The molecule has 0 N–H and O–H groups in total. The van der Waals surface area contributed by atoms with E-state index in [1.165, 1.54) is 6.92 Å². The molecule has 4 heteroatoms. The van der Waals surface area contributed by atoms with Crippen molar-refractivity contribution in [3.63, 3.8) is 0 Å². The zero-order valence-electron chi connectivity index (χ0n) is 10.5.